The van der Waals surface area contributed by atoms with Crippen LogP contribution in [0.25, 0.3) is 5.69 Å². The molecule has 2 aromatic rings. The van der Waals surface area contributed by atoms with Gasteiger partial charge in [-0.15, -0.1) is 0 Å². The van der Waals surface area contributed by atoms with Crippen molar-refractivity contribution in [1.82, 2.24) is 9.78 Å². The predicted molar refractivity (Wildman–Crippen MR) is 69.1 cm³/mol. The molecule has 19 heavy (non-hydrogen) atoms. The van der Waals surface area contributed by atoms with Crippen molar-refractivity contribution in [3.63, 3.8) is 0 Å². The molecule has 98 valence electrons. The number of aromatic carboxylic acids is 1. The van der Waals surface area contributed by atoms with E-state index >= 15 is 0 Å². The summed E-state index contributed by atoms with van der Waals surface area (Å²) >= 11 is 0. The Kier molecular flexibility index (Phi) is 2.74. The number of para-hydroxylation sites is 2. The SMILES string of the molecule is COc1ccccc1-n1ncc(C(=O)O)c1C1CC1. The molecule has 1 aliphatic rings. The first-order valence-corrected chi connectivity index (χ1v) is 6.17. The number of hydrogen-bond donors (Lipinski definition) is 1. The van der Waals surface area contributed by atoms with E-state index in [9.17, 15) is 9.90 Å². The highest BCUT2D eigenvalue weighted by Gasteiger charge is 2.33. The fourth-order valence-electron chi connectivity index (χ4n) is 2.27. The van der Waals surface area contributed by atoms with Crippen LogP contribution in [0.5, 0.6) is 5.75 Å². The van der Waals surface area contributed by atoms with Crippen LogP contribution >= 0.6 is 0 Å². The third kappa shape index (κ3) is 1.97. The average Bonchev–Trinajstić information content (AvgIpc) is 3.17. The Balaban J connectivity index is 2.17. The van der Waals surface area contributed by atoms with Crippen molar-refractivity contribution in [3.05, 3.63) is 41.7 Å². The van der Waals surface area contributed by atoms with Crippen LogP contribution < -0.4 is 4.74 Å². The maximum atomic E-state index is 11.3. The molecular formula is C14H14N2O3. The van der Waals surface area contributed by atoms with E-state index in [4.69, 9.17) is 4.74 Å². The second kappa shape index (κ2) is 4.42. The molecule has 5 heteroatoms. The van der Waals surface area contributed by atoms with E-state index in [2.05, 4.69) is 5.10 Å². The zero-order valence-electron chi connectivity index (χ0n) is 10.5. The molecule has 1 heterocycles. The van der Waals surface area contributed by atoms with Crippen molar-refractivity contribution in [2.24, 2.45) is 0 Å². The van der Waals surface area contributed by atoms with E-state index in [0.29, 0.717) is 11.7 Å². The lowest BCUT2D eigenvalue weighted by Crippen LogP contribution is -2.06. The molecule has 1 aromatic carbocycles. The number of rotatable bonds is 4. The van der Waals surface area contributed by atoms with E-state index in [-0.39, 0.29) is 5.56 Å². The number of nitrogens with zero attached hydrogens (tertiary/aromatic N) is 2. The predicted octanol–water partition coefficient (Wildman–Crippen LogP) is 2.46. The summed E-state index contributed by atoms with van der Waals surface area (Å²) in [6, 6.07) is 7.48. The molecule has 1 saturated carbocycles. The van der Waals surface area contributed by atoms with Gasteiger partial charge in [-0.05, 0) is 25.0 Å². The summed E-state index contributed by atoms with van der Waals surface area (Å²) in [5.74, 6) is 0.0472. The van der Waals surface area contributed by atoms with E-state index in [1.54, 1.807) is 11.8 Å². The number of methoxy groups -OCH3 is 1. The second-order valence-electron chi connectivity index (χ2n) is 4.61. The number of benzene rings is 1. The van der Waals surface area contributed by atoms with Crippen LogP contribution in [0.15, 0.2) is 30.5 Å². The fourth-order valence-corrected chi connectivity index (χ4v) is 2.27. The molecule has 0 bridgehead atoms. The topological polar surface area (TPSA) is 64.4 Å². The van der Waals surface area contributed by atoms with Gasteiger partial charge in [0.1, 0.15) is 17.0 Å². The average molecular weight is 258 g/mol. The molecule has 0 aliphatic heterocycles. The van der Waals surface area contributed by atoms with Gasteiger partial charge in [0.05, 0.1) is 19.0 Å². The zero-order chi connectivity index (χ0) is 13.4. The van der Waals surface area contributed by atoms with E-state index in [1.165, 1.54) is 6.20 Å². The number of carbonyl (C=O) groups is 1. The molecule has 0 amide bonds. The van der Waals surface area contributed by atoms with Crippen LogP contribution in [0.3, 0.4) is 0 Å². The molecule has 0 spiro atoms. The molecule has 0 saturated heterocycles. The highest BCUT2D eigenvalue weighted by molar-refractivity contribution is 5.89. The normalized spacial score (nSPS) is 14.4. The minimum atomic E-state index is -0.928. The Morgan fingerprint density at radius 2 is 2.16 bits per heavy atom. The molecule has 1 fully saturated rings. The van der Waals surface area contributed by atoms with Gasteiger partial charge in [0, 0.05) is 5.92 Å². The Morgan fingerprint density at radius 3 is 2.79 bits per heavy atom. The second-order valence-corrected chi connectivity index (χ2v) is 4.61. The lowest BCUT2D eigenvalue weighted by Gasteiger charge is -2.11. The number of aromatic nitrogens is 2. The maximum absolute atomic E-state index is 11.3. The van der Waals surface area contributed by atoms with Crippen LogP contribution in [0, 0.1) is 0 Å². The summed E-state index contributed by atoms with van der Waals surface area (Å²) in [4.78, 5) is 11.3. The van der Waals surface area contributed by atoms with Crippen molar-refractivity contribution in [1.29, 1.82) is 0 Å². The summed E-state index contributed by atoms with van der Waals surface area (Å²) in [6.45, 7) is 0. The van der Waals surface area contributed by atoms with Crippen LogP contribution in [0.1, 0.15) is 34.8 Å². The van der Waals surface area contributed by atoms with E-state index in [0.717, 1.165) is 24.2 Å². The Bertz CT molecular complexity index is 629. The van der Waals surface area contributed by atoms with Crippen LogP contribution in [-0.4, -0.2) is 28.0 Å². The van der Waals surface area contributed by atoms with Crippen molar-refractivity contribution < 1.29 is 14.6 Å². The van der Waals surface area contributed by atoms with Gasteiger partial charge in [0.2, 0.25) is 0 Å². The standard InChI is InChI=1S/C14H14N2O3/c1-19-12-5-3-2-4-11(12)16-13(9-6-7-9)10(8-15-16)14(17)18/h2-5,8-9H,6-7H2,1H3,(H,17,18). The monoisotopic (exact) mass is 258 g/mol. The minimum Gasteiger partial charge on any atom is -0.494 e. The number of hydrogen-bond acceptors (Lipinski definition) is 3. The highest BCUT2D eigenvalue weighted by atomic mass is 16.5. The fraction of sp³-hybridized carbons (Fsp3) is 0.286. The van der Waals surface area contributed by atoms with E-state index in [1.807, 2.05) is 24.3 Å². The molecule has 1 N–H and O–H groups in total. The first kappa shape index (κ1) is 11.8. The lowest BCUT2D eigenvalue weighted by molar-refractivity contribution is 0.0695. The van der Waals surface area contributed by atoms with Gasteiger partial charge in [0.25, 0.3) is 0 Å². The van der Waals surface area contributed by atoms with Gasteiger partial charge in [-0.2, -0.15) is 5.10 Å². The molecule has 1 aromatic heterocycles. The third-order valence-corrected chi connectivity index (χ3v) is 3.31. The van der Waals surface area contributed by atoms with Gasteiger partial charge < -0.3 is 9.84 Å². The Morgan fingerprint density at radius 1 is 1.42 bits per heavy atom. The van der Waals surface area contributed by atoms with Gasteiger partial charge >= 0.3 is 5.97 Å². The van der Waals surface area contributed by atoms with Crippen LogP contribution in [0.4, 0.5) is 0 Å². The Labute approximate surface area is 110 Å². The van der Waals surface area contributed by atoms with Crippen molar-refractivity contribution in [2.75, 3.05) is 7.11 Å². The smallest absolute Gasteiger partial charge is 0.339 e. The minimum absolute atomic E-state index is 0.286. The van der Waals surface area contributed by atoms with Crippen LogP contribution in [-0.2, 0) is 0 Å². The highest BCUT2D eigenvalue weighted by Crippen LogP contribution is 2.43. The number of ether oxygens (including phenoxy) is 1. The summed E-state index contributed by atoms with van der Waals surface area (Å²) in [5, 5.41) is 13.5. The number of carboxylic acids is 1. The maximum Gasteiger partial charge on any atom is 0.339 e. The van der Waals surface area contributed by atoms with Crippen molar-refractivity contribution in [2.45, 2.75) is 18.8 Å². The van der Waals surface area contributed by atoms with Crippen LogP contribution in [0.2, 0.25) is 0 Å². The molecule has 0 radical (unpaired) electrons. The largest absolute Gasteiger partial charge is 0.494 e. The molecule has 0 atom stereocenters. The summed E-state index contributed by atoms with van der Waals surface area (Å²) < 4.78 is 7.01. The quantitative estimate of drug-likeness (QED) is 0.914. The van der Waals surface area contributed by atoms with Gasteiger partial charge in [-0.25, -0.2) is 9.48 Å². The number of carboxylic acid groups (broad SMARTS) is 1. The molecule has 0 unspecified atom stereocenters. The van der Waals surface area contributed by atoms with E-state index < -0.39 is 5.97 Å². The zero-order valence-corrected chi connectivity index (χ0v) is 10.5. The van der Waals surface area contributed by atoms with Crippen molar-refractivity contribution >= 4 is 5.97 Å². The molecule has 3 rings (SSSR count). The summed E-state index contributed by atoms with van der Waals surface area (Å²) in [5.41, 5.74) is 1.84. The molecule has 5 nitrogen and oxygen atoms in total. The molecule has 1 aliphatic carbocycles. The Hall–Kier alpha value is -2.30. The lowest BCUT2D eigenvalue weighted by atomic mass is 10.1. The third-order valence-electron chi connectivity index (χ3n) is 3.31. The molecular weight excluding hydrogens is 244 g/mol. The first-order valence-electron chi connectivity index (χ1n) is 6.17. The summed E-state index contributed by atoms with van der Waals surface area (Å²) in [7, 11) is 1.59. The van der Waals surface area contributed by atoms with Crippen molar-refractivity contribution in [3.8, 4) is 11.4 Å². The van der Waals surface area contributed by atoms with Gasteiger partial charge in [-0.3, -0.25) is 0 Å². The van der Waals surface area contributed by atoms with Gasteiger partial charge in [-0.1, -0.05) is 12.1 Å². The van der Waals surface area contributed by atoms with Gasteiger partial charge in [0.15, 0.2) is 0 Å². The first-order chi connectivity index (χ1) is 9.22. The summed E-state index contributed by atoms with van der Waals surface area (Å²) in [6.07, 6.45) is 3.45.